The monoisotopic (exact) mass is 798 g/mol. The number of hydrogen-bond donors (Lipinski definition) is 4. The van der Waals surface area contributed by atoms with E-state index in [1.807, 2.05) is 0 Å². The first-order chi connectivity index (χ1) is 27.8. The molecule has 2 atom stereocenters. The van der Waals surface area contributed by atoms with E-state index in [0.29, 0.717) is 57.7 Å². The van der Waals surface area contributed by atoms with Crippen LogP contribution in [0.25, 0.3) is 33.4 Å². The minimum absolute atomic E-state index is 0. The van der Waals surface area contributed by atoms with E-state index >= 15 is 0 Å². The summed E-state index contributed by atoms with van der Waals surface area (Å²) in [5, 5.41) is 30.5. The number of esters is 1. The van der Waals surface area contributed by atoms with Gasteiger partial charge < -0.3 is 36.6 Å². The van der Waals surface area contributed by atoms with Crippen molar-refractivity contribution >= 4 is 45.8 Å². The van der Waals surface area contributed by atoms with Crippen molar-refractivity contribution in [3.05, 3.63) is 96.1 Å². The minimum Gasteiger partial charge on any atom is -0.461 e. The molecule has 59 heavy (non-hydrogen) atoms. The standard InChI is InChI=1S/C21H19N5O4.C19H16N6O3.H3N/c1-3-30-19(27)17-16-12-22-13-23-18(16)26(24-17)15-6-4-5-14(11-15)7-8-21(29)9-10-25(2)20(21)28;1-24-8-7-19(28,18(24)27)6-5-12-3-2-4-13(9-12)25-17-14(10-21-11-22-17)15(23-25)16(20)26;/h4-6,11-13,29H,3,9-10H2,1-2H3;2-4,9-11,28H,7-8H2,1H3,(H2,20,26);1H3/t21-;19-;/m00./s1. The fourth-order valence-electron chi connectivity index (χ4n) is 6.33. The van der Waals surface area contributed by atoms with Crippen LogP contribution in [0.5, 0.6) is 0 Å². The summed E-state index contributed by atoms with van der Waals surface area (Å²) < 4.78 is 8.07. The molecule has 0 saturated carbocycles. The zero-order valence-electron chi connectivity index (χ0n) is 32.2. The number of fused-ring (bicyclic) bond motifs is 2. The number of nitrogens with two attached hydrogens (primary N) is 1. The van der Waals surface area contributed by atoms with Gasteiger partial charge in [-0.3, -0.25) is 14.4 Å². The van der Waals surface area contributed by atoms with E-state index in [4.69, 9.17) is 10.5 Å². The van der Waals surface area contributed by atoms with Crippen molar-refractivity contribution < 1.29 is 34.1 Å². The maximum atomic E-state index is 12.3. The molecule has 0 unspecified atom stereocenters. The van der Waals surface area contributed by atoms with Crippen LogP contribution in [0, 0.1) is 23.7 Å². The number of amides is 3. The van der Waals surface area contributed by atoms with Crippen LogP contribution in [0.15, 0.2) is 73.6 Å². The highest BCUT2D eigenvalue weighted by Gasteiger charge is 2.43. The van der Waals surface area contributed by atoms with Crippen molar-refractivity contribution in [2.45, 2.75) is 31.0 Å². The molecule has 2 aliphatic rings. The van der Waals surface area contributed by atoms with E-state index in [9.17, 15) is 29.4 Å². The summed E-state index contributed by atoms with van der Waals surface area (Å²) in [6, 6.07) is 14.1. The van der Waals surface area contributed by atoms with Crippen LogP contribution in [0.4, 0.5) is 0 Å². The summed E-state index contributed by atoms with van der Waals surface area (Å²) in [7, 11) is 3.26. The van der Waals surface area contributed by atoms with Crippen LogP contribution >= 0.6 is 0 Å². The lowest BCUT2D eigenvalue weighted by Crippen LogP contribution is -2.37. The van der Waals surface area contributed by atoms with E-state index in [1.165, 1.54) is 44.2 Å². The SMILES string of the molecule is CCOC(=O)c1nn(-c2cccc(C#C[C@]3(O)CCN(C)C3=O)c2)c2ncncc12.CN1CC[C@@](O)(C#Cc2cccc(-n3nc(C(N)=O)c4cncnc43)c2)C1=O.N. The van der Waals surface area contributed by atoms with E-state index in [2.05, 4.69) is 53.8 Å². The molecule has 19 heteroatoms. The topological polar surface area (TPSA) is 273 Å². The highest BCUT2D eigenvalue weighted by Crippen LogP contribution is 2.25. The van der Waals surface area contributed by atoms with Gasteiger partial charge in [-0.05, 0) is 43.3 Å². The molecule has 4 aromatic heterocycles. The Morgan fingerprint density at radius 2 is 1.24 bits per heavy atom. The summed E-state index contributed by atoms with van der Waals surface area (Å²) in [4.78, 5) is 67.3. The molecule has 2 aliphatic heterocycles. The third-order valence-electron chi connectivity index (χ3n) is 9.42. The van der Waals surface area contributed by atoms with Gasteiger partial charge in [0.15, 0.2) is 22.7 Å². The molecular formula is C40H38N12O7. The molecule has 2 saturated heterocycles. The number of aromatic nitrogens is 8. The molecule has 2 aromatic carbocycles. The molecule has 300 valence electrons. The molecule has 2 fully saturated rings. The Labute approximate surface area is 336 Å². The zero-order valence-corrected chi connectivity index (χ0v) is 32.2. The molecule has 6 heterocycles. The number of primary amides is 1. The fraction of sp³-hybridized carbons (Fsp3) is 0.250. The lowest BCUT2D eigenvalue weighted by molar-refractivity contribution is -0.138. The van der Waals surface area contributed by atoms with Gasteiger partial charge >= 0.3 is 5.97 Å². The second-order valence-corrected chi connectivity index (χ2v) is 13.4. The smallest absolute Gasteiger partial charge is 0.359 e. The van der Waals surface area contributed by atoms with Crippen molar-refractivity contribution in [1.82, 2.24) is 55.4 Å². The van der Waals surface area contributed by atoms with Crippen LogP contribution in [-0.4, -0.2) is 128 Å². The van der Waals surface area contributed by atoms with Gasteiger partial charge in [0.2, 0.25) is 11.2 Å². The second-order valence-electron chi connectivity index (χ2n) is 13.4. The zero-order chi connectivity index (χ0) is 41.2. The Morgan fingerprint density at radius 3 is 1.66 bits per heavy atom. The second kappa shape index (κ2) is 16.5. The molecule has 0 bridgehead atoms. The van der Waals surface area contributed by atoms with Gasteiger partial charge in [-0.2, -0.15) is 10.2 Å². The summed E-state index contributed by atoms with van der Waals surface area (Å²) in [5.41, 5.74) is 5.50. The van der Waals surface area contributed by atoms with Crippen LogP contribution in [-0.2, 0) is 14.3 Å². The number of nitrogens with zero attached hydrogens (tertiary/aromatic N) is 10. The number of carbonyl (C=O) groups is 4. The molecular weight excluding hydrogens is 761 g/mol. The van der Waals surface area contributed by atoms with Gasteiger partial charge in [-0.15, -0.1) is 0 Å². The third-order valence-corrected chi connectivity index (χ3v) is 9.42. The van der Waals surface area contributed by atoms with E-state index in [0.717, 1.165) is 0 Å². The van der Waals surface area contributed by atoms with E-state index in [1.54, 1.807) is 69.6 Å². The maximum Gasteiger partial charge on any atom is 0.359 e. The Hall–Kier alpha value is -7.58. The highest BCUT2D eigenvalue weighted by molar-refractivity contribution is 6.03. The normalized spacial score (nSPS) is 18.3. The van der Waals surface area contributed by atoms with Crippen molar-refractivity contribution in [1.29, 1.82) is 0 Å². The molecule has 0 aliphatic carbocycles. The number of hydrogen-bond acceptors (Lipinski definition) is 14. The van der Waals surface area contributed by atoms with Gasteiger partial charge in [0.05, 0.1) is 28.8 Å². The summed E-state index contributed by atoms with van der Waals surface area (Å²) in [6.45, 7) is 2.86. The van der Waals surface area contributed by atoms with Gasteiger partial charge in [0.1, 0.15) is 12.7 Å². The minimum atomic E-state index is -1.67. The van der Waals surface area contributed by atoms with Crippen LogP contribution in [0.1, 0.15) is 51.9 Å². The molecule has 7 N–H and O–H groups in total. The fourth-order valence-corrected chi connectivity index (χ4v) is 6.33. The number of rotatable bonds is 5. The van der Waals surface area contributed by atoms with Crippen LogP contribution in [0.3, 0.4) is 0 Å². The Bertz CT molecular complexity index is 2760. The number of carbonyl (C=O) groups excluding carboxylic acids is 4. The highest BCUT2D eigenvalue weighted by atomic mass is 16.5. The molecule has 19 nitrogen and oxygen atoms in total. The largest absolute Gasteiger partial charge is 0.461 e. The first kappa shape index (κ1) is 41.1. The third kappa shape index (κ3) is 8.02. The van der Waals surface area contributed by atoms with Gasteiger partial charge in [-0.25, -0.2) is 34.1 Å². The quantitative estimate of drug-likeness (QED) is 0.140. The number of likely N-dealkylation sites (tertiary alicyclic amines) is 2. The predicted molar refractivity (Wildman–Crippen MR) is 211 cm³/mol. The lowest BCUT2D eigenvalue weighted by Gasteiger charge is -2.13. The molecule has 3 amide bonds. The molecule has 6 aromatic rings. The molecule has 0 radical (unpaired) electrons. The number of likely N-dealkylation sites (N-methyl/N-ethyl adjacent to an activating group) is 2. The Balaban J connectivity index is 0.000000195. The average molecular weight is 799 g/mol. The van der Waals surface area contributed by atoms with Crippen molar-refractivity contribution in [3.8, 4) is 35.1 Å². The summed E-state index contributed by atoms with van der Waals surface area (Å²) >= 11 is 0. The van der Waals surface area contributed by atoms with Crippen molar-refractivity contribution in [2.75, 3.05) is 33.8 Å². The predicted octanol–water partition coefficient (Wildman–Crippen LogP) is 0.958. The Morgan fingerprint density at radius 1 is 0.780 bits per heavy atom. The molecule has 8 rings (SSSR count). The van der Waals surface area contributed by atoms with Gasteiger partial charge in [-0.1, -0.05) is 35.8 Å². The number of aliphatic hydroxyl groups is 2. The van der Waals surface area contributed by atoms with Crippen molar-refractivity contribution in [3.63, 3.8) is 0 Å². The number of benzene rings is 2. The lowest BCUT2D eigenvalue weighted by atomic mass is 10.0. The maximum absolute atomic E-state index is 12.3. The van der Waals surface area contributed by atoms with Crippen LogP contribution < -0.4 is 11.9 Å². The van der Waals surface area contributed by atoms with Gasteiger partial charge in [0.25, 0.3) is 17.7 Å². The van der Waals surface area contributed by atoms with E-state index < -0.39 is 34.9 Å². The van der Waals surface area contributed by atoms with Gasteiger partial charge in [0, 0.05) is 63.5 Å². The molecule has 0 spiro atoms. The first-order valence-corrected chi connectivity index (χ1v) is 17.9. The summed E-state index contributed by atoms with van der Waals surface area (Å²) in [6.07, 6.45) is 6.24. The van der Waals surface area contributed by atoms with Crippen molar-refractivity contribution in [2.24, 2.45) is 5.73 Å². The number of ether oxygens (including phenoxy) is 1. The van der Waals surface area contributed by atoms with E-state index in [-0.39, 0.29) is 37.0 Å². The van der Waals surface area contributed by atoms with Crippen LogP contribution in [0.2, 0.25) is 0 Å². The Kier molecular flexibility index (Phi) is 11.5. The average Bonchev–Trinajstić information content (AvgIpc) is 3.96. The summed E-state index contributed by atoms with van der Waals surface area (Å²) in [5.74, 6) is 9.05. The first-order valence-electron chi connectivity index (χ1n) is 17.9.